The zero-order valence-corrected chi connectivity index (χ0v) is 10.9. The van der Waals surface area contributed by atoms with Gasteiger partial charge in [-0.1, -0.05) is 12.1 Å². The zero-order valence-electron chi connectivity index (χ0n) is 11.9. The van der Waals surface area contributed by atoms with Crippen molar-refractivity contribution in [2.24, 2.45) is 0 Å². The largest absolute Gasteiger partial charge is 0.449 e. The summed E-state index contributed by atoms with van der Waals surface area (Å²) in [5.74, 6) is -4.06. The summed E-state index contributed by atoms with van der Waals surface area (Å²) in [6.07, 6.45) is -6.60. The summed E-state index contributed by atoms with van der Waals surface area (Å²) in [7, 11) is 0. The molecule has 1 saturated carbocycles. The first-order valence-corrected chi connectivity index (χ1v) is 6.24. The van der Waals surface area contributed by atoms with E-state index >= 15 is 0 Å². The molecule has 9 heteroatoms. The number of nitro benzene ring substituents is 1. The molecule has 0 spiro atoms. The van der Waals surface area contributed by atoms with E-state index in [1.807, 2.05) is 0 Å². The van der Waals surface area contributed by atoms with Crippen LogP contribution in [-0.2, 0) is 14.3 Å². The topological polar surface area (TPSA) is 147 Å². The number of benzene rings is 1. The Balaban J connectivity index is 1.94. The molecule has 1 aliphatic heterocycles. The summed E-state index contributed by atoms with van der Waals surface area (Å²) < 4.78 is 11.8. The molecule has 1 saturated heterocycles. The fourth-order valence-corrected chi connectivity index (χ4v) is 2.72. The highest BCUT2D eigenvalue weighted by Crippen LogP contribution is 2.56. The van der Waals surface area contributed by atoms with Crippen molar-refractivity contribution in [2.75, 3.05) is 0 Å². The number of non-ortho nitro benzene ring substituents is 1. The van der Waals surface area contributed by atoms with Crippen LogP contribution >= 0.6 is 0 Å². The van der Waals surface area contributed by atoms with Crippen LogP contribution in [0.1, 0.15) is 12.9 Å². The van der Waals surface area contributed by atoms with Crippen LogP contribution in [0.3, 0.4) is 0 Å². The van der Waals surface area contributed by atoms with Gasteiger partial charge >= 0.3 is 5.97 Å². The van der Waals surface area contributed by atoms with E-state index in [2.05, 4.69) is 4.74 Å². The van der Waals surface area contributed by atoms with E-state index in [9.17, 15) is 35.0 Å². The van der Waals surface area contributed by atoms with Crippen LogP contribution in [0.2, 0.25) is 0 Å². The van der Waals surface area contributed by atoms with Crippen LogP contribution in [0.15, 0.2) is 24.3 Å². The van der Waals surface area contributed by atoms with E-state index in [1.54, 1.807) is 0 Å². The summed E-state index contributed by atoms with van der Waals surface area (Å²) in [6.45, 7) is 0. The molecule has 0 radical (unpaired) electrons. The maximum absolute atomic E-state index is 11.9. The molecular weight excluding hydrogens is 298 g/mol. The Hall–Kier alpha value is -2.36. The third-order valence-corrected chi connectivity index (χ3v) is 3.93. The van der Waals surface area contributed by atoms with Crippen LogP contribution < -0.4 is 0 Å². The van der Waals surface area contributed by atoms with E-state index in [4.69, 9.17) is 1.37 Å². The van der Waals surface area contributed by atoms with Gasteiger partial charge in [0.05, 0.1) is 12.4 Å². The van der Waals surface area contributed by atoms with E-state index in [-0.39, 0.29) is 11.3 Å². The van der Waals surface area contributed by atoms with Gasteiger partial charge in [0.15, 0.2) is 6.10 Å². The first-order valence-electron chi connectivity index (χ1n) is 6.74. The predicted octanol–water partition coefficient (Wildman–Crippen LogP) is -1.36. The smallest absolute Gasteiger partial charge is 0.343 e. The molecule has 3 rings (SSSR count). The van der Waals surface area contributed by atoms with Crippen molar-refractivity contribution < 1.29 is 35.9 Å². The van der Waals surface area contributed by atoms with Gasteiger partial charge in [-0.25, -0.2) is 4.79 Å². The molecule has 3 N–H and O–H groups in total. The Kier molecular flexibility index (Phi) is 2.76. The summed E-state index contributed by atoms with van der Waals surface area (Å²) in [6, 6.07) is 5.05. The number of ether oxygens (including phenoxy) is 1. The standard InChI is InChI=1S/C13H11NO8/c15-8-9(16)12(18)22-11(8)13(19)7(10(13)17)5-2-1-3-6(4-5)14(20)21/h1-4,7,9-11,16-17,19H/t7?,9?,10?,11-,13-/m0/s1/i9D. The molecule has 1 aromatic rings. The Morgan fingerprint density at radius 2 is 2.05 bits per heavy atom. The molecule has 3 unspecified atom stereocenters. The van der Waals surface area contributed by atoms with E-state index in [0.29, 0.717) is 0 Å². The maximum Gasteiger partial charge on any atom is 0.343 e. The van der Waals surface area contributed by atoms with Crippen molar-refractivity contribution in [1.82, 2.24) is 0 Å². The average molecular weight is 310 g/mol. The summed E-state index contributed by atoms with van der Waals surface area (Å²) in [4.78, 5) is 33.3. The second-order valence-corrected chi connectivity index (χ2v) is 5.16. The Morgan fingerprint density at radius 1 is 1.36 bits per heavy atom. The number of carbonyl (C=O) groups excluding carboxylic acids is 2. The molecule has 0 amide bonds. The Morgan fingerprint density at radius 3 is 2.59 bits per heavy atom. The maximum atomic E-state index is 11.9. The molecule has 22 heavy (non-hydrogen) atoms. The Labute approximate surface area is 124 Å². The average Bonchev–Trinajstić information content (AvgIpc) is 2.98. The number of cyclic esters (lactones) is 1. The number of nitro groups is 1. The predicted molar refractivity (Wildman–Crippen MR) is 67.7 cm³/mol. The molecular formula is C13H11NO8. The Bertz CT molecular complexity index is 734. The number of hydrogen-bond donors (Lipinski definition) is 3. The van der Waals surface area contributed by atoms with Crippen LogP contribution in [0.4, 0.5) is 5.69 Å². The fourth-order valence-electron chi connectivity index (χ4n) is 2.72. The van der Waals surface area contributed by atoms with Gasteiger partial charge in [0, 0.05) is 18.1 Å². The summed E-state index contributed by atoms with van der Waals surface area (Å²) in [5.41, 5.74) is -2.36. The highest BCUT2D eigenvalue weighted by atomic mass is 16.6. The van der Waals surface area contributed by atoms with Gasteiger partial charge in [0.1, 0.15) is 5.60 Å². The van der Waals surface area contributed by atoms with Crippen LogP contribution in [0.25, 0.3) is 0 Å². The quantitative estimate of drug-likeness (QED) is 0.268. The third-order valence-electron chi connectivity index (χ3n) is 3.93. The van der Waals surface area contributed by atoms with Gasteiger partial charge in [-0.15, -0.1) is 0 Å². The SMILES string of the molecule is [2H]C1(O)C(=O)O[C@H]([C@@]2(O)C(O)C2c2cccc([N+](=O)[O-])c2)C1=O. The van der Waals surface area contributed by atoms with Gasteiger partial charge in [-0.3, -0.25) is 14.9 Å². The summed E-state index contributed by atoms with van der Waals surface area (Å²) in [5, 5.41) is 40.6. The first kappa shape index (κ1) is 13.3. The number of nitrogens with zero attached hydrogens (tertiary/aromatic N) is 1. The summed E-state index contributed by atoms with van der Waals surface area (Å²) >= 11 is 0. The lowest BCUT2D eigenvalue weighted by Gasteiger charge is -2.15. The molecule has 1 aromatic carbocycles. The van der Waals surface area contributed by atoms with Crippen molar-refractivity contribution in [3.8, 4) is 0 Å². The molecule has 1 heterocycles. The lowest BCUT2D eigenvalue weighted by molar-refractivity contribution is -0.384. The van der Waals surface area contributed by atoms with Crippen molar-refractivity contribution in [3.63, 3.8) is 0 Å². The van der Waals surface area contributed by atoms with Crippen molar-refractivity contribution in [1.29, 1.82) is 0 Å². The highest BCUT2D eigenvalue weighted by molar-refractivity contribution is 6.10. The van der Waals surface area contributed by atoms with Crippen molar-refractivity contribution in [2.45, 2.75) is 29.8 Å². The zero-order chi connectivity index (χ0) is 17.2. The minimum Gasteiger partial charge on any atom is -0.449 e. The van der Waals surface area contributed by atoms with Crippen LogP contribution in [0, 0.1) is 10.1 Å². The molecule has 0 aromatic heterocycles. The molecule has 1 aliphatic carbocycles. The second-order valence-electron chi connectivity index (χ2n) is 5.16. The molecule has 0 bridgehead atoms. The second kappa shape index (κ2) is 4.57. The van der Waals surface area contributed by atoms with Gasteiger partial charge in [-0.2, -0.15) is 0 Å². The number of hydrogen-bond acceptors (Lipinski definition) is 8. The molecule has 116 valence electrons. The number of carbonyl (C=O) groups is 2. The van der Waals surface area contributed by atoms with Gasteiger partial charge in [0.25, 0.3) is 5.69 Å². The monoisotopic (exact) mass is 310 g/mol. The van der Waals surface area contributed by atoms with Crippen LogP contribution in [-0.4, -0.2) is 55.9 Å². The van der Waals surface area contributed by atoms with Gasteiger partial charge in [0.2, 0.25) is 11.9 Å². The molecule has 5 atom stereocenters. The highest BCUT2D eigenvalue weighted by Gasteiger charge is 2.74. The third kappa shape index (κ3) is 1.83. The number of aliphatic hydroxyl groups excluding tert-OH is 1. The molecule has 2 fully saturated rings. The number of rotatable bonds is 3. The normalized spacial score (nSPS) is 41.0. The number of ketones is 1. The van der Waals surface area contributed by atoms with Gasteiger partial charge in [-0.05, 0) is 5.56 Å². The first-order chi connectivity index (χ1) is 10.6. The van der Waals surface area contributed by atoms with Crippen molar-refractivity contribution in [3.05, 3.63) is 39.9 Å². The van der Waals surface area contributed by atoms with Crippen molar-refractivity contribution >= 4 is 17.4 Å². The fraction of sp³-hybridized carbons (Fsp3) is 0.385. The van der Waals surface area contributed by atoms with Gasteiger partial charge < -0.3 is 20.1 Å². The van der Waals surface area contributed by atoms with E-state index in [1.165, 1.54) is 18.2 Å². The van der Waals surface area contributed by atoms with E-state index < -0.39 is 46.5 Å². The number of Topliss-reactive ketones (excluding diaryl/α,β-unsaturated/α-hetero) is 1. The minimum atomic E-state index is -3.14. The van der Waals surface area contributed by atoms with Crippen LogP contribution in [0.5, 0.6) is 0 Å². The number of esters is 1. The lowest BCUT2D eigenvalue weighted by atomic mass is 10.00. The molecule has 9 nitrogen and oxygen atoms in total. The van der Waals surface area contributed by atoms with E-state index in [0.717, 1.165) is 6.07 Å². The lowest BCUT2D eigenvalue weighted by Crippen LogP contribution is -2.39. The minimum absolute atomic E-state index is 0.165. The number of aliphatic hydroxyl groups is 3. The molecule has 2 aliphatic rings.